The predicted molar refractivity (Wildman–Crippen MR) is 113 cm³/mol. The average molecular weight is 385 g/mol. The van der Waals surface area contributed by atoms with Gasteiger partial charge in [0.2, 0.25) is 0 Å². The molecule has 0 spiro atoms. The van der Waals surface area contributed by atoms with Crippen LogP contribution in [0.3, 0.4) is 0 Å². The molecule has 1 aliphatic rings. The van der Waals surface area contributed by atoms with Gasteiger partial charge in [0.1, 0.15) is 23.7 Å². The molecule has 0 fully saturated rings. The van der Waals surface area contributed by atoms with Gasteiger partial charge < -0.3 is 14.9 Å². The number of fused-ring (bicyclic) bond motifs is 1. The maximum atomic E-state index is 11.9. The maximum absolute atomic E-state index is 11.9. The zero-order valence-electron chi connectivity index (χ0n) is 17.7. The van der Waals surface area contributed by atoms with Crippen LogP contribution < -0.4 is 0 Å². The fraction of sp³-hybridized carbons (Fsp3) is 0.458. The number of cyclic esters (lactones) is 1. The van der Waals surface area contributed by atoms with E-state index in [1.54, 1.807) is 6.92 Å². The summed E-state index contributed by atoms with van der Waals surface area (Å²) in [6, 6.07) is 0. The topological polar surface area (TPSA) is 66.8 Å². The molecule has 0 atom stereocenters. The molecule has 4 nitrogen and oxygen atoms in total. The van der Waals surface area contributed by atoms with Crippen LogP contribution in [0, 0.1) is 6.92 Å². The second-order valence-corrected chi connectivity index (χ2v) is 7.89. The molecular weight excluding hydrogens is 352 g/mol. The van der Waals surface area contributed by atoms with E-state index in [9.17, 15) is 15.0 Å². The largest absolute Gasteiger partial charge is 0.507 e. The van der Waals surface area contributed by atoms with E-state index in [1.807, 2.05) is 6.08 Å². The molecule has 0 saturated heterocycles. The van der Waals surface area contributed by atoms with Crippen molar-refractivity contribution in [2.24, 2.45) is 0 Å². The van der Waals surface area contributed by atoms with E-state index in [-0.39, 0.29) is 23.7 Å². The van der Waals surface area contributed by atoms with E-state index in [1.165, 1.54) is 16.7 Å². The highest BCUT2D eigenvalue weighted by Crippen LogP contribution is 2.41. The van der Waals surface area contributed by atoms with Gasteiger partial charge in [0.15, 0.2) is 0 Å². The number of hydrogen-bond acceptors (Lipinski definition) is 4. The Morgan fingerprint density at radius 1 is 0.964 bits per heavy atom. The third-order valence-electron chi connectivity index (χ3n) is 5.25. The number of phenols is 2. The number of carbonyl (C=O) groups is 1. The van der Waals surface area contributed by atoms with E-state index in [2.05, 4.69) is 39.8 Å². The minimum Gasteiger partial charge on any atom is -0.507 e. The van der Waals surface area contributed by atoms with Crippen molar-refractivity contribution in [3.8, 4) is 11.5 Å². The summed E-state index contributed by atoms with van der Waals surface area (Å²) >= 11 is 0. The number of benzene rings is 1. The van der Waals surface area contributed by atoms with E-state index in [0.29, 0.717) is 23.1 Å². The van der Waals surface area contributed by atoms with E-state index < -0.39 is 5.97 Å². The van der Waals surface area contributed by atoms with E-state index in [0.717, 1.165) is 25.7 Å². The summed E-state index contributed by atoms with van der Waals surface area (Å²) in [5, 5.41) is 20.9. The third-order valence-corrected chi connectivity index (χ3v) is 5.25. The van der Waals surface area contributed by atoms with Gasteiger partial charge >= 0.3 is 5.97 Å². The second kappa shape index (κ2) is 9.63. The van der Waals surface area contributed by atoms with Crippen molar-refractivity contribution in [1.82, 2.24) is 0 Å². The smallest absolute Gasteiger partial charge is 0.342 e. The lowest BCUT2D eigenvalue weighted by Crippen LogP contribution is -2.00. The Labute approximate surface area is 168 Å². The molecular formula is C24H32O4. The molecule has 1 aliphatic heterocycles. The lowest BCUT2D eigenvalue weighted by atomic mass is 9.95. The number of phenolic OH excluding ortho intramolecular Hbond substituents is 2. The van der Waals surface area contributed by atoms with Crippen molar-refractivity contribution >= 4 is 5.97 Å². The van der Waals surface area contributed by atoms with Gasteiger partial charge in [0, 0.05) is 11.1 Å². The number of ether oxygens (including phenoxy) is 1. The summed E-state index contributed by atoms with van der Waals surface area (Å²) < 4.78 is 5.00. The Balaban J connectivity index is 2.00. The number of carbonyl (C=O) groups excluding carboxylic acids is 1. The van der Waals surface area contributed by atoms with Crippen molar-refractivity contribution in [1.29, 1.82) is 0 Å². The van der Waals surface area contributed by atoms with Gasteiger partial charge in [-0.05, 0) is 72.3 Å². The zero-order chi connectivity index (χ0) is 20.8. The van der Waals surface area contributed by atoms with Crippen LogP contribution in [-0.4, -0.2) is 16.2 Å². The summed E-state index contributed by atoms with van der Waals surface area (Å²) in [6.45, 7) is 10.3. The molecule has 0 bridgehead atoms. The highest BCUT2D eigenvalue weighted by molar-refractivity contribution is 5.98. The molecule has 0 saturated carbocycles. The SMILES string of the molecule is CC(C)=CCC/C(C)=C/CC/C(C)=C/Cc1c(O)c(C)c2c(c1O)C(=O)OC2. The first-order valence-electron chi connectivity index (χ1n) is 9.90. The number of rotatable bonds is 8. The first kappa shape index (κ1) is 21.8. The Morgan fingerprint density at radius 2 is 1.57 bits per heavy atom. The van der Waals surface area contributed by atoms with Crippen LogP contribution in [0.1, 0.15) is 80.4 Å². The normalized spacial score (nSPS) is 14.1. The molecule has 0 aliphatic carbocycles. The molecule has 0 radical (unpaired) electrons. The van der Waals surface area contributed by atoms with Crippen LogP contribution in [0.25, 0.3) is 0 Å². The number of hydrogen-bond donors (Lipinski definition) is 2. The van der Waals surface area contributed by atoms with Gasteiger partial charge in [-0.1, -0.05) is 34.9 Å². The average Bonchev–Trinajstić information content (AvgIpc) is 3.01. The minimum atomic E-state index is -0.522. The van der Waals surface area contributed by atoms with Gasteiger partial charge in [-0.2, -0.15) is 0 Å². The monoisotopic (exact) mass is 384 g/mol. The molecule has 28 heavy (non-hydrogen) atoms. The number of esters is 1. The summed E-state index contributed by atoms with van der Waals surface area (Å²) in [6.07, 6.45) is 11.0. The first-order valence-corrected chi connectivity index (χ1v) is 9.90. The lowest BCUT2D eigenvalue weighted by Gasteiger charge is -2.12. The number of allylic oxidation sites excluding steroid dienone is 6. The summed E-state index contributed by atoms with van der Waals surface area (Å²) in [5.74, 6) is -0.625. The second-order valence-electron chi connectivity index (χ2n) is 7.89. The van der Waals surface area contributed by atoms with Crippen LogP contribution >= 0.6 is 0 Å². The fourth-order valence-corrected chi connectivity index (χ4v) is 3.38. The van der Waals surface area contributed by atoms with E-state index >= 15 is 0 Å². The summed E-state index contributed by atoms with van der Waals surface area (Å²) in [4.78, 5) is 11.9. The van der Waals surface area contributed by atoms with Gasteiger partial charge in [-0.25, -0.2) is 4.79 Å². The Hall–Kier alpha value is -2.49. The molecule has 0 amide bonds. The van der Waals surface area contributed by atoms with Crippen molar-refractivity contribution in [3.63, 3.8) is 0 Å². The van der Waals surface area contributed by atoms with Crippen LogP contribution in [0.15, 0.2) is 34.9 Å². The highest BCUT2D eigenvalue weighted by atomic mass is 16.5. The predicted octanol–water partition coefficient (Wildman–Crippen LogP) is 6.04. The summed E-state index contributed by atoms with van der Waals surface area (Å²) in [5.41, 5.74) is 5.72. The Kier molecular flexibility index (Phi) is 7.50. The third kappa shape index (κ3) is 5.28. The van der Waals surface area contributed by atoms with Crippen LogP contribution in [-0.2, 0) is 17.8 Å². The Bertz CT molecular complexity index is 837. The molecule has 1 aromatic rings. The van der Waals surface area contributed by atoms with Crippen molar-refractivity contribution in [2.45, 2.75) is 73.3 Å². The molecule has 4 heteroatoms. The molecule has 0 unspecified atom stereocenters. The standard InChI is InChI=1S/C24H32O4/c1-15(2)8-6-9-16(3)10-7-11-17(4)12-13-19-22(25)18(5)20-14-28-24(27)21(20)23(19)26/h8,10,12,25-26H,6-7,9,11,13-14H2,1-5H3/b16-10+,17-12+. The number of aromatic hydroxyl groups is 2. The Morgan fingerprint density at radius 3 is 2.21 bits per heavy atom. The lowest BCUT2D eigenvalue weighted by molar-refractivity contribution is 0.0533. The maximum Gasteiger partial charge on any atom is 0.342 e. The van der Waals surface area contributed by atoms with Crippen molar-refractivity contribution in [3.05, 3.63) is 57.2 Å². The fourth-order valence-electron chi connectivity index (χ4n) is 3.38. The van der Waals surface area contributed by atoms with Crippen molar-refractivity contribution in [2.75, 3.05) is 0 Å². The first-order chi connectivity index (χ1) is 13.2. The molecule has 2 N–H and O–H groups in total. The van der Waals surface area contributed by atoms with Crippen LogP contribution in [0.2, 0.25) is 0 Å². The molecule has 1 heterocycles. The van der Waals surface area contributed by atoms with Gasteiger partial charge in [-0.15, -0.1) is 0 Å². The molecule has 2 rings (SSSR count). The molecule has 0 aromatic heterocycles. The van der Waals surface area contributed by atoms with Crippen LogP contribution in [0.5, 0.6) is 11.5 Å². The zero-order valence-corrected chi connectivity index (χ0v) is 17.7. The van der Waals surface area contributed by atoms with E-state index in [4.69, 9.17) is 4.74 Å². The molecule has 1 aromatic carbocycles. The minimum absolute atomic E-state index is 0.0496. The quantitative estimate of drug-likeness (QED) is 0.424. The van der Waals surface area contributed by atoms with Gasteiger partial charge in [-0.3, -0.25) is 0 Å². The highest BCUT2D eigenvalue weighted by Gasteiger charge is 2.31. The van der Waals surface area contributed by atoms with Gasteiger partial charge in [0.25, 0.3) is 0 Å². The van der Waals surface area contributed by atoms with Crippen molar-refractivity contribution < 1.29 is 19.7 Å². The summed E-state index contributed by atoms with van der Waals surface area (Å²) in [7, 11) is 0. The molecule has 152 valence electrons. The van der Waals surface area contributed by atoms with Gasteiger partial charge in [0.05, 0.1) is 0 Å². The van der Waals surface area contributed by atoms with Crippen LogP contribution in [0.4, 0.5) is 0 Å².